The summed E-state index contributed by atoms with van der Waals surface area (Å²) < 4.78 is 5.76. The molecule has 2 aromatic heterocycles. The molecule has 4 heterocycles. The fourth-order valence-corrected chi connectivity index (χ4v) is 5.30. The van der Waals surface area contributed by atoms with Gasteiger partial charge in [0.1, 0.15) is 18.5 Å². The van der Waals surface area contributed by atoms with Crippen molar-refractivity contribution in [3.63, 3.8) is 0 Å². The topological polar surface area (TPSA) is 193 Å². The number of nitrogen functional groups attached to an aromatic ring is 2. The van der Waals surface area contributed by atoms with Crippen LogP contribution in [-0.2, 0) is 25.8 Å². The maximum Gasteiger partial charge on any atom is 0.278 e. The van der Waals surface area contributed by atoms with Crippen LogP contribution >= 0.6 is 23.3 Å². The van der Waals surface area contributed by atoms with Gasteiger partial charge in [-0.25, -0.2) is 0 Å². The van der Waals surface area contributed by atoms with Gasteiger partial charge in [0.15, 0.2) is 24.1 Å². The maximum absolute atomic E-state index is 12.9. The zero-order valence-corrected chi connectivity index (χ0v) is 19.9. The third-order valence-corrected chi connectivity index (χ3v) is 6.89. The van der Waals surface area contributed by atoms with E-state index in [0.717, 1.165) is 16.4 Å². The second-order valence-electron chi connectivity index (χ2n) is 7.34. The number of carbonyl (C=O) groups excluding carboxylic acids is 3. The number of nitrogens with zero attached hydrogens (tertiary/aromatic N) is 5. The number of carboxylic acid groups (broad SMARTS) is 1. The summed E-state index contributed by atoms with van der Waals surface area (Å²) in [6.45, 7) is 0.451. The van der Waals surface area contributed by atoms with Gasteiger partial charge in [-0.15, -0.1) is 11.8 Å². The summed E-state index contributed by atoms with van der Waals surface area (Å²) in [5, 5.41) is 17.6. The van der Waals surface area contributed by atoms with Gasteiger partial charge in [-0.3, -0.25) is 14.5 Å². The van der Waals surface area contributed by atoms with Gasteiger partial charge >= 0.3 is 0 Å². The first-order valence-electron chi connectivity index (χ1n) is 10.1. The van der Waals surface area contributed by atoms with Crippen molar-refractivity contribution in [3.05, 3.63) is 53.8 Å². The molecule has 0 aromatic carbocycles. The molecule has 0 bridgehead atoms. The molecule has 2 aliphatic heterocycles. The highest BCUT2D eigenvalue weighted by atomic mass is 32.2. The average Bonchev–Trinajstić information content (AvgIpc) is 3.26. The molecule has 1 saturated heterocycles. The van der Waals surface area contributed by atoms with E-state index < -0.39 is 29.2 Å². The summed E-state index contributed by atoms with van der Waals surface area (Å²) in [7, 11) is 1.24. The minimum atomic E-state index is -1.48. The van der Waals surface area contributed by atoms with Crippen molar-refractivity contribution < 1.29 is 28.9 Å². The summed E-state index contributed by atoms with van der Waals surface area (Å²) in [5.74, 6) is -2.58. The molecule has 2 aliphatic rings. The van der Waals surface area contributed by atoms with E-state index in [1.807, 2.05) is 10.8 Å². The van der Waals surface area contributed by atoms with Crippen molar-refractivity contribution in [1.82, 2.24) is 19.6 Å². The van der Waals surface area contributed by atoms with E-state index in [1.54, 1.807) is 30.5 Å². The molecule has 0 radical (unpaired) electrons. The van der Waals surface area contributed by atoms with Crippen LogP contribution in [-0.4, -0.2) is 62.0 Å². The van der Waals surface area contributed by atoms with Crippen molar-refractivity contribution in [2.75, 3.05) is 24.3 Å². The molecule has 1 unspecified atom stereocenters. The highest BCUT2D eigenvalue weighted by Gasteiger charge is 2.53. The lowest BCUT2D eigenvalue weighted by molar-refractivity contribution is -0.686. The van der Waals surface area contributed by atoms with E-state index in [1.165, 1.54) is 18.9 Å². The summed E-state index contributed by atoms with van der Waals surface area (Å²) >= 11 is 2.18. The highest BCUT2D eigenvalue weighted by Crippen LogP contribution is 2.40. The Morgan fingerprint density at radius 2 is 2.26 bits per heavy atom. The van der Waals surface area contributed by atoms with Crippen LogP contribution in [0.1, 0.15) is 5.82 Å². The fraction of sp³-hybridized carbons (Fsp3) is 0.250. The first-order chi connectivity index (χ1) is 16.8. The summed E-state index contributed by atoms with van der Waals surface area (Å²) in [4.78, 5) is 47.3. The quantitative estimate of drug-likeness (QED) is 0.153. The number of allylic oxidation sites excluding steroid dienone is 2. The van der Waals surface area contributed by atoms with Gasteiger partial charge in [-0.1, -0.05) is 11.2 Å². The van der Waals surface area contributed by atoms with Crippen LogP contribution in [0.4, 0.5) is 10.8 Å². The molecular formula is C20H20N8O5S2. The number of amides is 2. The lowest BCUT2D eigenvalue weighted by Gasteiger charge is -2.50. The number of pyridine rings is 1. The van der Waals surface area contributed by atoms with Crippen molar-refractivity contribution in [2.45, 2.75) is 18.0 Å². The average molecular weight is 517 g/mol. The molecule has 13 nitrogen and oxygen atoms in total. The van der Waals surface area contributed by atoms with Crippen LogP contribution in [0.15, 0.2) is 53.1 Å². The van der Waals surface area contributed by atoms with Gasteiger partial charge in [-0.2, -0.15) is 13.9 Å². The second-order valence-corrected chi connectivity index (χ2v) is 9.23. The van der Waals surface area contributed by atoms with Gasteiger partial charge in [-0.05, 0) is 17.7 Å². The Labute approximate surface area is 207 Å². The summed E-state index contributed by atoms with van der Waals surface area (Å²) in [6, 6.07) is 2.58. The SMILES string of the molecule is CON=C(C(=O)NC1C(=O)N2C(C(=O)[O-])=C(C=CC[n+]3cccc(N)c3)CS[C@H]12)c1nsc(N)n1. The van der Waals surface area contributed by atoms with Gasteiger partial charge < -0.3 is 31.5 Å². The molecule has 0 saturated carbocycles. The standard InChI is InChI=1S/C20H20N8O5S2/c1-33-25-12(15-24-20(22)35-26-15)16(29)23-13-17(30)28-14(19(31)32)10(9-34-18(13)28)4-2-6-27-7-3-5-11(21)8-27/h2-5,7-8,13,18H,6,9,21H2,1H3,(H3-,22,23,24,26,29,31,32)/t13?,18-/m1/s1. The van der Waals surface area contributed by atoms with Gasteiger partial charge in [0, 0.05) is 23.4 Å². The third-order valence-electron chi connectivity index (χ3n) is 5.05. The van der Waals surface area contributed by atoms with Crippen LogP contribution in [0.5, 0.6) is 0 Å². The number of carboxylic acids is 1. The Hall–Kier alpha value is -3.98. The first kappa shape index (κ1) is 24.2. The minimum Gasteiger partial charge on any atom is -0.543 e. The molecule has 35 heavy (non-hydrogen) atoms. The maximum atomic E-state index is 12.9. The number of β-lactam (4-membered cyclic amide) rings is 1. The normalized spacial score (nSPS) is 20.0. The van der Waals surface area contributed by atoms with E-state index in [2.05, 4.69) is 19.8 Å². The Morgan fingerprint density at radius 3 is 2.91 bits per heavy atom. The predicted molar refractivity (Wildman–Crippen MR) is 125 cm³/mol. The number of thioether (sulfide) groups is 1. The minimum absolute atomic E-state index is 0.0486. The van der Waals surface area contributed by atoms with Gasteiger partial charge in [0.05, 0.1) is 17.4 Å². The lowest BCUT2D eigenvalue weighted by atomic mass is 10.0. The van der Waals surface area contributed by atoms with E-state index in [-0.39, 0.29) is 22.4 Å². The molecule has 0 aliphatic carbocycles. The number of hydrogen-bond acceptors (Lipinski definition) is 12. The van der Waals surface area contributed by atoms with E-state index in [0.29, 0.717) is 23.6 Å². The monoisotopic (exact) mass is 516 g/mol. The summed E-state index contributed by atoms with van der Waals surface area (Å²) in [6.07, 6.45) is 6.98. The largest absolute Gasteiger partial charge is 0.543 e. The Bertz CT molecular complexity index is 1270. The number of rotatable bonds is 8. The predicted octanol–water partition coefficient (Wildman–Crippen LogP) is -2.00. The Kier molecular flexibility index (Phi) is 6.97. The molecule has 4 rings (SSSR count). The smallest absolute Gasteiger partial charge is 0.278 e. The van der Waals surface area contributed by atoms with Crippen LogP contribution in [0, 0.1) is 0 Å². The number of carbonyl (C=O) groups is 3. The molecule has 2 amide bonds. The number of nitrogens with one attached hydrogen (secondary N) is 1. The molecule has 0 spiro atoms. The fourth-order valence-electron chi connectivity index (χ4n) is 3.55. The van der Waals surface area contributed by atoms with Crippen LogP contribution < -0.4 is 26.5 Å². The van der Waals surface area contributed by atoms with Crippen LogP contribution in [0.25, 0.3) is 0 Å². The second kappa shape index (κ2) is 10.1. The first-order valence-corrected chi connectivity index (χ1v) is 11.9. The number of aromatic nitrogens is 3. The molecule has 2 atom stereocenters. The third kappa shape index (κ3) is 4.95. The van der Waals surface area contributed by atoms with Crippen molar-refractivity contribution >= 4 is 57.6 Å². The summed E-state index contributed by atoms with van der Waals surface area (Å²) in [5.41, 5.74) is 11.9. The molecular weight excluding hydrogens is 496 g/mol. The highest BCUT2D eigenvalue weighted by molar-refractivity contribution is 8.00. The van der Waals surface area contributed by atoms with Gasteiger partial charge in [0.2, 0.25) is 11.5 Å². The zero-order valence-electron chi connectivity index (χ0n) is 18.3. The van der Waals surface area contributed by atoms with Crippen LogP contribution in [0.3, 0.4) is 0 Å². The number of hydrogen-bond donors (Lipinski definition) is 3. The van der Waals surface area contributed by atoms with Crippen molar-refractivity contribution in [2.24, 2.45) is 5.16 Å². The number of nitrogens with two attached hydrogens (primary N) is 2. The molecule has 1 fully saturated rings. The van der Waals surface area contributed by atoms with Gasteiger partial charge in [0.25, 0.3) is 11.8 Å². The number of aliphatic carboxylic acids is 1. The number of anilines is 2. The van der Waals surface area contributed by atoms with Crippen molar-refractivity contribution in [1.29, 1.82) is 0 Å². The molecule has 15 heteroatoms. The Balaban J connectivity index is 1.49. The Morgan fingerprint density at radius 1 is 1.46 bits per heavy atom. The molecule has 5 N–H and O–H groups in total. The van der Waals surface area contributed by atoms with E-state index in [9.17, 15) is 19.5 Å². The number of oxime groups is 1. The lowest BCUT2D eigenvalue weighted by Crippen LogP contribution is -2.71. The zero-order chi connectivity index (χ0) is 25.1. The molecule has 182 valence electrons. The molecule has 2 aromatic rings. The number of fused-ring (bicyclic) bond motifs is 1. The van der Waals surface area contributed by atoms with Crippen LogP contribution in [0.2, 0.25) is 0 Å². The van der Waals surface area contributed by atoms with Crippen molar-refractivity contribution in [3.8, 4) is 0 Å². The van der Waals surface area contributed by atoms with E-state index in [4.69, 9.17) is 16.3 Å². The van der Waals surface area contributed by atoms with E-state index >= 15 is 0 Å².